The number of likely N-dealkylation sites (N-methyl/N-ethyl adjacent to an activating group) is 1. The van der Waals surface area contributed by atoms with Gasteiger partial charge in [-0.15, -0.1) is 0 Å². The second kappa shape index (κ2) is 6.26. The van der Waals surface area contributed by atoms with Gasteiger partial charge < -0.3 is 9.64 Å². The molecule has 6 heteroatoms. The molecule has 0 fully saturated rings. The molecule has 1 aliphatic rings. The highest BCUT2D eigenvalue weighted by molar-refractivity contribution is 5.51. The van der Waals surface area contributed by atoms with Crippen LogP contribution in [-0.4, -0.2) is 17.7 Å². The molecule has 24 heavy (non-hydrogen) atoms. The Kier molecular flexibility index (Phi) is 4.30. The lowest BCUT2D eigenvalue weighted by Crippen LogP contribution is -2.24. The van der Waals surface area contributed by atoms with Gasteiger partial charge in [-0.2, -0.15) is 0 Å². The number of nitrogens with zero attached hydrogens (tertiary/aromatic N) is 2. The number of halogens is 2. The lowest BCUT2D eigenvalue weighted by atomic mass is 10.2. The van der Waals surface area contributed by atoms with Gasteiger partial charge in [0.1, 0.15) is 29.8 Å². The van der Waals surface area contributed by atoms with Gasteiger partial charge in [0.25, 0.3) is 5.56 Å². The molecule has 0 bridgehead atoms. The maximum Gasteiger partial charge on any atom is 0.259 e. The number of rotatable bonds is 4. The highest BCUT2D eigenvalue weighted by Gasteiger charge is 2.26. The Balaban J connectivity index is 1.94. The summed E-state index contributed by atoms with van der Waals surface area (Å²) in [5.41, 5.74) is 0.755. The van der Waals surface area contributed by atoms with Crippen LogP contribution in [0.2, 0.25) is 0 Å². The number of anilines is 1. The molecule has 0 radical (unpaired) electrons. The third-order valence-corrected chi connectivity index (χ3v) is 4.56. The van der Waals surface area contributed by atoms with Gasteiger partial charge in [-0.05, 0) is 25.5 Å². The molecule has 4 nitrogen and oxygen atoms in total. The van der Waals surface area contributed by atoms with Gasteiger partial charge in [0.15, 0.2) is 0 Å². The third kappa shape index (κ3) is 2.77. The van der Waals surface area contributed by atoms with E-state index < -0.39 is 11.6 Å². The summed E-state index contributed by atoms with van der Waals surface area (Å²) < 4.78 is 34.2. The summed E-state index contributed by atoms with van der Waals surface area (Å²) in [6.07, 6.45) is 0.526. The summed E-state index contributed by atoms with van der Waals surface area (Å²) in [6.45, 7) is 4.52. The fraction of sp³-hybridized carbons (Fsp3) is 0.389. The summed E-state index contributed by atoms with van der Waals surface area (Å²) in [5, 5.41) is 0. The molecule has 1 atom stereocenters. The van der Waals surface area contributed by atoms with Crippen molar-refractivity contribution < 1.29 is 13.5 Å². The number of aromatic nitrogens is 1. The molecular formula is C18H20F2N2O2. The van der Waals surface area contributed by atoms with Crippen molar-refractivity contribution in [3.05, 3.63) is 57.4 Å². The first-order valence-electron chi connectivity index (χ1n) is 7.98. The molecule has 1 aromatic heterocycles. The molecule has 128 valence electrons. The Labute approximate surface area is 139 Å². The van der Waals surface area contributed by atoms with E-state index >= 15 is 0 Å². The van der Waals surface area contributed by atoms with Crippen molar-refractivity contribution in [3.63, 3.8) is 0 Å². The lowest BCUT2D eigenvalue weighted by molar-refractivity contribution is 0.295. The Hall–Kier alpha value is -2.37. The van der Waals surface area contributed by atoms with Gasteiger partial charge in [0, 0.05) is 37.3 Å². The number of hydrogen-bond acceptors (Lipinski definition) is 3. The number of ether oxygens (including phenoxy) is 1. The van der Waals surface area contributed by atoms with Crippen LogP contribution in [0, 0.1) is 11.6 Å². The highest BCUT2D eigenvalue weighted by Crippen LogP contribution is 2.29. The van der Waals surface area contributed by atoms with Crippen molar-refractivity contribution in [2.75, 3.05) is 11.9 Å². The third-order valence-electron chi connectivity index (χ3n) is 4.56. The molecule has 1 unspecified atom stereocenters. The zero-order valence-electron chi connectivity index (χ0n) is 14.0. The minimum absolute atomic E-state index is 0.0543. The van der Waals surface area contributed by atoms with Gasteiger partial charge in [0.05, 0.1) is 5.56 Å². The molecule has 3 rings (SSSR count). The fourth-order valence-electron chi connectivity index (χ4n) is 2.98. The zero-order chi connectivity index (χ0) is 17.4. The summed E-state index contributed by atoms with van der Waals surface area (Å²) in [4.78, 5) is 14.7. The summed E-state index contributed by atoms with van der Waals surface area (Å²) in [6, 6.07) is 5.42. The van der Waals surface area contributed by atoms with Crippen LogP contribution in [0.5, 0.6) is 5.75 Å². The minimum Gasteiger partial charge on any atom is -0.488 e. The molecule has 1 aromatic carbocycles. The Morgan fingerprint density at radius 2 is 2.04 bits per heavy atom. The first kappa shape index (κ1) is 16.5. The largest absolute Gasteiger partial charge is 0.488 e. The van der Waals surface area contributed by atoms with E-state index in [1.807, 2.05) is 31.9 Å². The number of pyridine rings is 1. The average molecular weight is 334 g/mol. The second-order valence-corrected chi connectivity index (χ2v) is 6.10. The van der Waals surface area contributed by atoms with E-state index in [0.29, 0.717) is 24.3 Å². The topological polar surface area (TPSA) is 34.5 Å². The van der Waals surface area contributed by atoms with E-state index in [-0.39, 0.29) is 23.8 Å². The van der Waals surface area contributed by atoms with E-state index in [1.54, 1.807) is 4.57 Å². The monoisotopic (exact) mass is 334 g/mol. The molecule has 2 aromatic rings. The van der Waals surface area contributed by atoms with Crippen LogP contribution in [0.3, 0.4) is 0 Å². The van der Waals surface area contributed by atoms with Crippen molar-refractivity contribution in [1.29, 1.82) is 0 Å². The first-order valence-corrected chi connectivity index (χ1v) is 7.98. The van der Waals surface area contributed by atoms with Crippen molar-refractivity contribution in [2.45, 2.75) is 39.5 Å². The van der Waals surface area contributed by atoms with Crippen molar-refractivity contribution in [2.24, 2.45) is 0 Å². The van der Waals surface area contributed by atoms with Crippen LogP contribution in [-0.2, 0) is 19.6 Å². The van der Waals surface area contributed by atoms with E-state index in [4.69, 9.17) is 4.74 Å². The standard InChI is InChI=1S/C18H20F2N2O2/c1-4-14-16(24-10-12-5-6-13(19)7-15(12)20)8-17-21(3)11(2)9-22(17)18(14)23/h5-8,11H,4,9-10H2,1-3H3. The average Bonchev–Trinajstić information content (AvgIpc) is 2.83. The van der Waals surface area contributed by atoms with Crippen LogP contribution in [0.15, 0.2) is 29.1 Å². The molecular weight excluding hydrogens is 314 g/mol. The normalized spacial score (nSPS) is 16.4. The quantitative estimate of drug-likeness (QED) is 0.862. The van der Waals surface area contributed by atoms with E-state index in [2.05, 4.69) is 0 Å². The number of fused-ring (bicyclic) bond motifs is 1. The van der Waals surface area contributed by atoms with Gasteiger partial charge >= 0.3 is 0 Å². The fourth-order valence-corrected chi connectivity index (χ4v) is 2.98. The number of hydrogen-bond donors (Lipinski definition) is 0. The van der Waals surface area contributed by atoms with E-state index in [0.717, 1.165) is 11.9 Å². The van der Waals surface area contributed by atoms with Crippen molar-refractivity contribution >= 4 is 5.82 Å². The van der Waals surface area contributed by atoms with E-state index in [1.165, 1.54) is 12.1 Å². The van der Waals surface area contributed by atoms with Crippen LogP contribution < -0.4 is 15.2 Å². The smallest absolute Gasteiger partial charge is 0.259 e. The summed E-state index contributed by atoms with van der Waals surface area (Å²) in [7, 11) is 1.93. The summed E-state index contributed by atoms with van der Waals surface area (Å²) >= 11 is 0. The Morgan fingerprint density at radius 3 is 2.71 bits per heavy atom. The molecule has 2 heterocycles. The highest BCUT2D eigenvalue weighted by atomic mass is 19.1. The van der Waals surface area contributed by atoms with Crippen LogP contribution in [0.4, 0.5) is 14.6 Å². The lowest BCUT2D eigenvalue weighted by Gasteiger charge is -2.18. The SMILES string of the molecule is CCc1c(OCc2ccc(F)cc2F)cc2n(c1=O)CC(C)N2C. The van der Waals surface area contributed by atoms with Gasteiger partial charge in [-0.3, -0.25) is 9.36 Å². The van der Waals surface area contributed by atoms with Crippen molar-refractivity contribution in [1.82, 2.24) is 4.57 Å². The second-order valence-electron chi connectivity index (χ2n) is 6.10. The van der Waals surface area contributed by atoms with Crippen molar-refractivity contribution in [3.8, 4) is 5.75 Å². The van der Waals surface area contributed by atoms with Gasteiger partial charge in [-0.25, -0.2) is 8.78 Å². The first-order chi connectivity index (χ1) is 11.4. The van der Waals surface area contributed by atoms with Crippen LogP contribution in [0.1, 0.15) is 25.0 Å². The predicted octanol–water partition coefficient (Wildman–Crippen LogP) is 3.11. The molecule has 0 aliphatic carbocycles. The Morgan fingerprint density at radius 1 is 1.29 bits per heavy atom. The molecule has 0 saturated heterocycles. The van der Waals surface area contributed by atoms with Gasteiger partial charge in [-0.1, -0.05) is 6.92 Å². The van der Waals surface area contributed by atoms with Crippen LogP contribution >= 0.6 is 0 Å². The summed E-state index contributed by atoms with van der Waals surface area (Å²) in [5.74, 6) is -0.0359. The minimum atomic E-state index is -0.656. The molecule has 0 saturated carbocycles. The zero-order valence-corrected chi connectivity index (χ0v) is 14.0. The molecule has 0 spiro atoms. The van der Waals surface area contributed by atoms with Gasteiger partial charge in [0.2, 0.25) is 0 Å². The van der Waals surface area contributed by atoms with Crippen LogP contribution in [0.25, 0.3) is 0 Å². The maximum atomic E-state index is 13.8. The molecule has 0 amide bonds. The Bertz CT molecular complexity index is 832. The number of benzene rings is 1. The molecule has 0 N–H and O–H groups in total. The molecule has 1 aliphatic heterocycles. The maximum absolute atomic E-state index is 13.8. The predicted molar refractivity (Wildman–Crippen MR) is 88.6 cm³/mol. The van der Waals surface area contributed by atoms with E-state index in [9.17, 15) is 13.6 Å².